The first kappa shape index (κ1) is 12.2. The first-order chi connectivity index (χ1) is 8.15. The zero-order chi connectivity index (χ0) is 12.4. The highest BCUT2D eigenvalue weighted by Gasteiger charge is 2.17. The number of halogens is 1. The summed E-state index contributed by atoms with van der Waals surface area (Å²) in [4.78, 5) is 0. The van der Waals surface area contributed by atoms with Gasteiger partial charge in [-0.05, 0) is 40.9 Å². The van der Waals surface area contributed by atoms with Gasteiger partial charge in [-0.1, -0.05) is 30.6 Å². The maximum atomic E-state index is 5.83. The lowest BCUT2D eigenvalue weighted by atomic mass is 10.0. The number of benzene rings is 1. The van der Waals surface area contributed by atoms with E-state index in [0.29, 0.717) is 5.82 Å². The van der Waals surface area contributed by atoms with Gasteiger partial charge in [-0.25, -0.2) is 0 Å². The van der Waals surface area contributed by atoms with Gasteiger partial charge in [-0.15, -0.1) is 0 Å². The molecule has 0 saturated carbocycles. The summed E-state index contributed by atoms with van der Waals surface area (Å²) < 4.78 is 6.40. The molecule has 90 valence electrons. The molecule has 0 saturated heterocycles. The summed E-state index contributed by atoms with van der Waals surface area (Å²) in [5, 5.41) is 3.86. The largest absolute Gasteiger partial charge is 0.381 e. The molecule has 1 aromatic heterocycles. The lowest BCUT2D eigenvalue weighted by Gasteiger charge is -2.05. The zero-order valence-corrected chi connectivity index (χ0v) is 11.5. The highest BCUT2D eigenvalue weighted by molar-refractivity contribution is 9.10. The topological polar surface area (TPSA) is 52.0 Å². The van der Waals surface area contributed by atoms with E-state index < -0.39 is 0 Å². The third-order valence-electron chi connectivity index (χ3n) is 2.75. The van der Waals surface area contributed by atoms with Gasteiger partial charge in [0.05, 0.1) is 0 Å². The van der Waals surface area contributed by atoms with Crippen LogP contribution in [0.1, 0.15) is 24.5 Å². The van der Waals surface area contributed by atoms with Crippen LogP contribution in [0.2, 0.25) is 0 Å². The van der Waals surface area contributed by atoms with Crippen molar-refractivity contribution in [3.05, 3.63) is 33.8 Å². The second kappa shape index (κ2) is 4.92. The average Bonchev–Trinajstić information content (AvgIpc) is 2.66. The number of nitrogens with zero attached hydrogens (tertiary/aromatic N) is 1. The van der Waals surface area contributed by atoms with Crippen molar-refractivity contribution >= 4 is 21.7 Å². The summed E-state index contributed by atoms with van der Waals surface area (Å²) in [6.07, 6.45) is 1.90. The van der Waals surface area contributed by atoms with Gasteiger partial charge in [0.1, 0.15) is 0 Å². The molecule has 4 heteroatoms. The summed E-state index contributed by atoms with van der Waals surface area (Å²) in [6, 6.07) is 6.06. The van der Waals surface area contributed by atoms with E-state index in [1.165, 1.54) is 5.56 Å². The Balaban J connectivity index is 2.56. The van der Waals surface area contributed by atoms with Crippen molar-refractivity contribution in [2.45, 2.75) is 26.7 Å². The molecule has 1 aromatic carbocycles. The summed E-state index contributed by atoms with van der Waals surface area (Å²) in [6.45, 7) is 4.16. The molecule has 0 aliphatic heterocycles. The maximum absolute atomic E-state index is 5.83. The molecule has 2 N–H and O–H groups in total. The Morgan fingerprint density at radius 2 is 2.18 bits per heavy atom. The molecule has 0 aliphatic carbocycles. The predicted molar refractivity (Wildman–Crippen MR) is 72.8 cm³/mol. The molecular formula is C13H15BrN2O. The minimum Gasteiger partial charge on any atom is -0.381 e. The van der Waals surface area contributed by atoms with Gasteiger partial charge in [0.2, 0.25) is 0 Å². The van der Waals surface area contributed by atoms with Crippen LogP contribution in [0.25, 0.3) is 11.3 Å². The highest BCUT2D eigenvalue weighted by atomic mass is 79.9. The van der Waals surface area contributed by atoms with E-state index in [2.05, 4.69) is 28.0 Å². The van der Waals surface area contributed by atoms with Crippen molar-refractivity contribution in [3.63, 3.8) is 0 Å². The average molecular weight is 295 g/mol. The molecular weight excluding hydrogens is 280 g/mol. The molecule has 0 aliphatic rings. The summed E-state index contributed by atoms with van der Waals surface area (Å²) in [5.41, 5.74) is 9.01. The Morgan fingerprint density at radius 3 is 2.88 bits per heavy atom. The smallest absolute Gasteiger partial charge is 0.173 e. The van der Waals surface area contributed by atoms with Gasteiger partial charge in [0.15, 0.2) is 11.6 Å². The van der Waals surface area contributed by atoms with Crippen LogP contribution in [-0.4, -0.2) is 5.16 Å². The van der Waals surface area contributed by atoms with Crippen LogP contribution in [0.5, 0.6) is 0 Å². The lowest BCUT2D eigenvalue weighted by molar-refractivity contribution is 0.434. The molecule has 0 atom stereocenters. The Labute approximate surface area is 109 Å². The minimum atomic E-state index is 0.496. The van der Waals surface area contributed by atoms with E-state index in [1.54, 1.807) is 0 Å². The molecule has 0 fully saturated rings. The van der Waals surface area contributed by atoms with Gasteiger partial charge in [-0.3, -0.25) is 0 Å². The van der Waals surface area contributed by atoms with E-state index in [4.69, 9.17) is 10.3 Å². The van der Waals surface area contributed by atoms with Crippen LogP contribution < -0.4 is 5.73 Å². The molecule has 17 heavy (non-hydrogen) atoms. The number of hydrogen-bond acceptors (Lipinski definition) is 3. The summed E-state index contributed by atoms with van der Waals surface area (Å²) in [7, 11) is 0. The van der Waals surface area contributed by atoms with Crippen LogP contribution >= 0.6 is 15.9 Å². The van der Waals surface area contributed by atoms with E-state index in [9.17, 15) is 0 Å². The fourth-order valence-corrected chi connectivity index (χ4v) is 2.29. The standard InChI is InChI=1S/C13H15BrN2O/c1-3-5-10-12(17-16-13(10)15)9-7-4-6-8(2)11(9)14/h4,6-7H,3,5H2,1-2H3,(H2,15,16). The quantitative estimate of drug-likeness (QED) is 0.932. The lowest BCUT2D eigenvalue weighted by Crippen LogP contribution is -1.93. The predicted octanol–water partition coefficient (Wildman–Crippen LogP) is 3.95. The number of aromatic nitrogens is 1. The van der Waals surface area contributed by atoms with Crippen molar-refractivity contribution in [2.24, 2.45) is 0 Å². The molecule has 1 heterocycles. The Bertz CT molecular complexity index is 534. The number of hydrogen-bond donors (Lipinski definition) is 1. The molecule has 0 spiro atoms. The van der Waals surface area contributed by atoms with Crippen LogP contribution in [-0.2, 0) is 6.42 Å². The molecule has 2 rings (SSSR count). The highest BCUT2D eigenvalue weighted by Crippen LogP contribution is 2.35. The van der Waals surface area contributed by atoms with E-state index in [0.717, 1.165) is 34.2 Å². The van der Waals surface area contributed by atoms with Crippen molar-refractivity contribution < 1.29 is 4.52 Å². The fourth-order valence-electron chi connectivity index (χ4n) is 1.85. The molecule has 0 radical (unpaired) electrons. The second-order valence-corrected chi connectivity index (χ2v) is 4.85. The second-order valence-electron chi connectivity index (χ2n) is 4.06. The van der Waals surface area contributed by atoms with Crippen molar-refractivity contribution in [1.29, 1.82) is 0 Å². The number of nitrogen functional groups attached to an aromatic ring is 1. The Kier molecular flexibility index (Phi) is 3.52. The zero-order valence-electron chi connectivity index (χ0n) is 9.96. The van der Waals surface area contributed by atoms with Crippen LogP contribution in [0.4, 0.5) is 5.82 Å². The Hall–Kier alpha value is -1.29. The monoisotopic (exact) mass is 294 g/mol. The first-order valence-corrected chi connectivity index (χ1v) is 6.44. The third kappa shape index (κ3) is 2.22. The molecule has 0 amide bonds. The van der Waals surface area contributed by atoms with Crippen molar-refractivity contribution in [1.82, 2.24) is 5.16 Å². The van der Waals surface area contributed by atoms with Crippen LogP contribution in [0.3, 0.4) is 0 Å². The van der Waals surface area contributed by atoms with Gasteiger partial charge in [0.25, 0.3) is 0 Å². The van der Waals surface area contributed by atoms with Gasteiger partial charge < -0.3 is 10.3 Å². The van der Waals surface area contributed by atoms with Crippen molar-refractivity contribution in [3.8, 4) is 11.3 Å². The van der Waals surface area contributed by atoms with Gasteiger partial charge in [-0.2, -0.15) is 0 Å². The molecule has 3 nitrogen and oxygen atoms in total. The molecule has 0 bridgehead atoms. The third-order valence-corrected chi connectivity index (χ3v) is 3.81. The van der Waals surface area contributed by atoms with Crippen molar-refractivity contribution in [2.75, 3.05) is 5.73 Å². The Morgan fingerprint density at radius 1 is 1.41 bits per heavy atom. The van der Waals surface area contributed by atoms with E-state index in [-0.39, 0.29) is 0 Å². The van der Waals surface area contributed by atoms with Gasteiger partial charge >= 0.3 is 0 Å². The maximum Gasteiger partial charge on any atom is 0.173 e. The van der Waals surface area contributed by atoms with E-state index in [1.807, 2.05) is 25.1 Å². The minimum absolute atomic E-state index is 0.496. The van der Waals surface area contributed by atoms with E-state index >= 15 is 0 Å². The van der Waals surface area contributed by atoms with Gasteiger partial charge in [0, 0.05) is 15.6 Å². The van der Waals surface area contributed by atoms with Crippen LogP contribution in [0, 0.1) is 6.92 Å². The normalized spacial score (nSPS) is 10.8. The number of nitrogens with two attached hydrogens (primary N) is 1. The summed E-state index contributed by atoms with van der Waals surface area (Å²) in [5.74, 6) is 1.27. The number of rotatable bonds is 3. The first-order valence-electron chi connectivity index (χ1n) is 5.64. The molecule has 0 unspecified atom stereocenters. The number of aryl methyl sites for hydroxylation is 1. The SMILES string of the molecule is CCCc1c(N)noc1-c1cccc(C)c1Br. The number of anilines is 1. The fraction of sp³-hybridized carbons (Fsp3) is 0.308. The van der Waals surface area contributed by atoms with Crippen LogP contribution in [0.15, 0.2) is 27.2 Å². The summed E-state index contributed by atoms with van der Waals surface area (Å²) >= 11 is 3.58. The molecule has 2 aromatic rings.